The van der Waals surface area contributed by atoms with Gasteiger partial charge in [0, 0.05) is 13.6 Å². The van der Waals surface area contributed by atoms with Gasteiger partial charge in [-0.1, -0.05) is 56.0 Å². The van der Waals surface area contributed by atoms with Crippen molar-refractivity contribution in [1.29, 1.82) is 0 Å². The summed E-state index contributed by atoms with van der Waals surface area (Å²) in [5.41, 5.74) is -0.898. The zero-order valence-electron chi connectivity index (χ0n) is 15.0. The van der Waals surface area contributed by atoms with Gasteiger partial charge in [-0.2, -0.15) is 0 Å². The van der Waals surface area contributed by atoms with E-state index in [2.05, 4.69) is 19.6 Å². The Kier molecular flexibility index (Phi) is 5.37. The molecule has 1 unspecified atom stereocenters. The Bertz CT molecular complexity index is 577. The van der Waals surface area contributed by atoms with Crippen LogP contribution in [0.3, 0.4) is 0 Å². The van der Waals surface area contributed by atoms with Crippen LogP contribution in [0.2, 0.25) is 25.7 Å². The van der Waals surface area contributed by atoms with Crippen LogP contribution in [0.15, 0.2) is 30.3 Å². The molecular formula is C18H28O6Si. The maximum absolute atomic E-state index is 10.9. The molecule has 2 fully saturated rings. The number of aliphatic hydroxyl groups excluding tert-OH is 2. The Morgan fingerprint density at radius 1 is 1.12 bits per heavy atom. The van der Waals surface area contributed by atoms with E-state index in [-0.39, 0.29) is 13.0 Å². The first-order valence-electron chi connectivity index (χ1n) is 8.77. The molecule has 6 nitrogen and oxygen atoms in total. The second-order valence-electron chi connectivity index (χ2n) is 8.20. The fourth-order valence-electron chi connectivity index (χ4n) is 3.29. The summed E-state index contributed by atoms with van der Waals surface area (Å²) in [6.07, 6.45) is -4.43. The van der Waals surface area contributed by atoms with Gasteiger partial charge >= 0.3 is 0 Å². The van der Waals surface area contributed by atoms with E-state index in [1.54, 1.807) is 0 Å². The molecule has 1 aromatic carbocycles. The van der Waals surface area contributed by atoms with Gasteiger partial charge in [0.05, 0.1) is 6.61 Å². The predicted octanol–water partition coefficient (Wildman–Crippen LogP) is 1.64. The normalized spacial score (nSPS) is 39.0. The molecule has 2 aliphatic heterocycles. The first kappa shape index (κ1) is 19.0. The van der Waals surface area contributed by atoms with E-state index in [0.29, 0.717) is 0 Å². The Morgan fingerprint density at radius 2 is 1.80 bits per heavy atom. The van der Waals surface area contributed by atoms with Gasteiger partial charge in [0.2, 0.25) is 0 Å². The Morgan fingerprint density at radius 3 is 2.44 bits per heavy atom. The molecule has 1 aromatic rings. The lowest BCUT2D eigenvalue weighted by atomic mass is 9.84. The molecule has 0 saturated carbocycles. The van der Waals surface area contributed by atoms with Gasteiger partial charge in [0.25, 0.3) is 0 Å². The first-order chi connectivity index (χ1) is 11.7. The van der Waals surface area contributed by atoms with E-state index in [1.807, 2.05) is 30.3 Å². The van der Waals surface area contributed by atoms with Crippen LogP contribution in [0.25, 0.3) is 0 Å². The van der Waals surface area contributed by atoms with E-state index in [0.717, 1.165) is 11.6 Å². The van der Waals surface area contributed by atoms with Gasteiger partial charge in [-0.05, 0) is 6.42 Å². The predicted molar refractivity (Wildman–Crippen MR) is 94.6 cm³/mol. The van der Waals surface area contributed by atoms with Crippen molar-refractivity contribution in [3.05, 3.63) is 35.9 Å². The maximum atomic E-state index is 10.9. The van der Waals surface area contributed by atoms with Gasteiger partial charge in [-0.15, -0.1) is 0 Å². The fourth-order valence-corrected chi connectivity index (χ4v) is 4.44. The molecule has 2 saturated heterocycles. The van der Waals surface area contributed by atoms with E-state index in [9.17, 15) is 15.3 Å². The molecule has 2 aliphatic rings. The summed E-state index contributed by atoms with van der Waals surface area (Å²) in [7, 11) is -1.46. The molecule has 140 valence electrons. The smallest absolute Gasteiger partial charge is 0.186 e. The zero-order chi connectivity index (χ0) is 18.2. The van der Waals surface area contributed by atoms with E-state index in [1.165, 1.54) is 0 Å². The number of fused-ring (bicyclic) bond motifs is 1. The van der Waals surface area contributed by atoms with E-state index >= 15 is 0 Å². The molecule has 0 aromatic heterocycles. The van der Waals surface area contributed by atoms with Gasteiger partial charge in [-0.3, -0.25) is 0 Å². The van der Waals surface area contributed by atoms with Crippen molar-refractivity contribution < 1.29 is 29.5 Å². The summed E-state index contributed by atoms with van der Waals surface area (Å²) in [5.74, 6) is 0. The molecule has 0 aliphatic carbocycles. The third-order valence-corrected chi connectivity index (χ3v) is 6.71. The van der Waals surface area contributed by atoms with Crippen molar-refractivity contribution in [3.8, 4) is 0 Å². The first-order valence-corrected chi connectivity index (χ1v) is 12.5. The van der Waals surface area contributed by atoms with Gasteiger partial charge in [0.1, 0.15) is 23.9 Å². The van der Waals surface area contributed by atoms with Gasteiger partial charge in [-0.25, -0.2) is 0 Å². The highest BCUT2D eigenvalue weighted by atomic mass is 28.3. The highest BCUT2D eigenvalue weighted by molar-refractivity contribution is 6.76. The standard InChI is InChI=1S/C18H28O6Si/c1-25(2,3)10-9-18(21)15(19)14-13(23-17(18)20)11-22-16(24-14)12-7-5-4-6-8-12/h4-8,13-17,19-21H,9-11H2,1-3H3/t13-,14+,15+,16?,17-,18-/m1/s1. The molecule has 0 spiro atoms. The van der Waals surface area contributed by atoms with Gasteiger partial charge < -0.3 is 29.5 Å². The minimum atomic E-state index is -1.74. The Balaban J connectivity index is 1.76. The van der Waals surface area contributed by atoms with E-state index in [4.69, 9.17) is 14.2 Å². The number of aliphatic hydroxyl groups is 3. The molecule has 0 bridgehead atoms. The topological polar surface area (TPSA) is 88.4 Å². The highest BCUT2D eigenvalue weighted by Crippen LogP contribution is 2.40. The summed E-state index contributed by atoms with van der Waals surface area (Å²) in [5, 5.41) is 32.0. The quantitative estimate of drug-likeness (QED) is 0.700. The molecule has 25 heavy (non-hydrogen) atoms. The summed E-state index contributed by atoms with van der Waals surface area (Å²) in [6, 6.07) is 10.2. The van der Waals surface area contributed by atoms with Crippen molar-refractivity contribution in [2.45, 2.75) is 68.6 Å². The van der Waals surface area contributed by atoms with Crippen molar-refractivity contribution >= 4 is 8.07 Å². The lowest BCUT2D eigenvalue weighted by Crippen LogP contribution is -2.68. The number of rotatable bonds is 4. The Labute approximate surface area is 149 Å². The zero-order valence-corrected chi connectivity index (χ0v) is 16.0. The average molecular weight is 369 g/mol. The number of ether oxygens (including phenoxy) is 3. The molecule has 0 amide bonds. The minimum Gasteiger partial charge on any atom is -0.387 e. The van der Waals surface area contributed by atoms with Crippen LogP contribution in [0.1, 0.15) is 18.3 Å². The van der Waals surface area contributed by atoms with Crippen LogP contribution in [0.5, 0.6) is 0 Å². The van der Waals surface area contributed by atoms with Crippen LogP contribution in [-0.4, -0.2) is 60.2 Å². The van der Waals surface area contributed by atoms with Crippen molar-refractivity contribution in [2.75, 3.05) is 6.61 Å². The second-order valence-corrected chi connectivity index (χ2v) is 13.8. The minimum absolute atomic E-state index is 0.183. The number of hydrogen-bond acceptors (Lipinski definition) is 6. The van der Waals surface area contributed by atoms with Crippen LogP contribution >= 0.6 is 0 Å². The molecule has 6 atom stereocenters. The third kappa shape index (κ3) is 3.98. The summed E-state index contributed by atoms with van der Waals surface area (Å²) < 4.78 is 17.1. The molecule has 7 heteroatoms. The Hall–Kier alpha value is -0.803. The van der Waals surface area contributed by atoms with Crippen LogP contribution in [0.4, 0.5) is 0 Å². The van der Waals surface area contributed by atoms with E-state index < -0.39 is 44.6 Å². The maximum Gasteiger partial charge on any atom is 0.186 e. The number of hydrogen-bond donors (Lipinski definition) is 3. The van der Waals surface area contributed by atoms with Crippen LogP contribution in [0, 0.1) is 0 Å². The molecule has 3 rings (SSSR count). The monoisotopic (exact) mass is 368 g/mol. The molecule has 3 N–H and O–H groups in total. The SMILES string of the molecule is C[Si](C)(C)CC[C@]1(O)[C@H](O)O[C@@H]2COC(c3ccccc3)O[C@@H]2[C@@H]1O. The lowest BCUT2D eigenvalue weighted by Gasteiger charge is -2.51. The van der Waals surface area contributed by atoms with Crippen LogP contribution < -0.4 is 0 Å². The average Bonchev–Trinajstić information content (AvgIpc) is 2.58. The molecule has 0 radical (unpaired) electrons. The van der Waals surface area contributed by atoms with Crippen molar-refractivity contribution in [2.24, 2.45) is 0 Å². The van der Waals surface area contributed by atoms with Crippen molar-refractivity contribution in [3.63, 3.8) is 0 Å². The summed E-state index contributed by atoms with van der Waals surface area (Å²) >= 11 is 0. The number of benzene rings is 1. The molecule has 2 heterocycles. The third-order valence-electron chi connectivity index (χ3n) is 4.96. The van der Waals surface area contributed by atoms with Gasteiger partial charge in [0.15, 0.2) is 12.6 Å². The highest BCUT2D eigenvalue weighted by Gasteiger charge is 2.57. The largest absolute Gasteiger partial charge is 0.387 e. The molecular weight excluding hydrogens is 340 g/mol. The summed E-state index contributed by atoms with van der Waals surface area (Å²) in [4.78, 5) is 0. The fraction of sp³-hybridized carbons (Fsp3) is 0.667. The second kappa shape index (κ2) is 7.07. The van der Waals surface area contributed by atoms with Crippen LogP contribution in [-0.2, 0) is 14.2 Å². The van der Waals surface area contributed by atoms with Crippen molar-refractivity contribution in [1.82, 2.24) is 0 Å². The lowest BCUT2D eigenvalue weighted by molar-refractivity contribution is -0.380. The summed E-state index contributed by atoms with van der Waals surface area (Å²) in [6.45, 7) is 6.72.